The molecule has 98 valence electrons. The highest BCUT2D eigenvalue weighted by Gasteiger charge is 2.17. The Bertz CT molecular complexity index is 381. The van der Waals surface area contributed by atoms with Crippen LogP contribution in [0.15, 0.2) is 24.3 Å². The van der Waals surface area contributed by atoms with Crippen molar-refractivity contribution in [2.24, 2.45) is 0 Å². The number of ether oxygens (including phenoxy) is 2. The van der Waals surface area contributed by atoms with E-state index in [2.05, 4.69) is 0 Å². The van der Waals surface area contributed by atoms with Crippen molar-refractivity contribution < 1.29 is 14.3 Å². The lowest BCUT2D eigenvalue weighted by molar-refractivity contribution is 0.0518. The molecule has 0 bridgehead atoms. The molecule has 0 heterocycles. The van der Waals surface area contributed by atoms with Crippen molar-refractivity contribution >= 4 is 17.8 Å². The summed E-state index contributed by atoms with van der Waals surface area (Å²) in [6, 6.07) is 6.65. The standard InChI is InChI=1S/C14H17ClO3/c15-11-7-9-13(10-8-11)18-14(16)17-12-5-3-1-2-4-6-12/h7-10,12H,1-6H2. The average Bonchev–Trinajstić information content (AvgIpc) is 2.61. The number of hydrogen-bond acceptors (Lipinski definition) is 3. The minimum Gasteiger partial charge on any atom is -0.431 e. The van der Waals surface area contributed by atoms with Crippen LogP contribution in [0.3, 0.4) is 0 Å². The van der Waals surface area contributed by atoms with Gasteiger partial charge in [-0.1, -0.05) is 24.4 Å². The van der Waals surface area contributed by atoms with Crippen LogP contribution in [0.4, 0.5) is 4.79 Å². The van der Waals surface area contributed by atoms with E-state index in [1.54, 1.807) is 24.3 Å². The summed E-state index contributed by atoms with van der Waals surface area (Å²) >= 11 is 5.75. The van der Waals surface area contributed by atoms with Gasteiger partial charge < -0.3 is 9.47 Å². The largest absolute Gasteiger partial charge is 0.514 e. The van der Waals surface area contributed by atoms with Crippen molar-refractivity contribution in [3.8, 4) is 5.75 Å². The highest BCUT2D eigenvalue weighted by atomic mass is 35.5. The molecule has 1 aliphatic rings. The average molecular weight is 269 g/mol. The fourth-order valence-corrected chi connectivity index (χ4v) is 2.24. The van der Waals surface area contributed by atoms with E-state index in [9.17, 15) is 4.79 Å². The Morgan fingerprint density at radius 1 is 1.06 bits per heavy atom. The van der Waals surface area contributed by atoms with Crippen molar-refractivity contribution in [2.45, 2.75) is 44.6 Å². The highest BCUT2D eigenvalue weighted by molar-refractivity contribution is 6.30. The predicted molar refractivity (Wildman–Crippen MR) is 70.1 cm³/mol. The molecule has 4 heteroatoms. The molecule has 1 saturated carbocycles. The molecule has 2 rings (SSSR count). The lowest BCUT2D eigenvalue weighted by Gasteiger charge is -2.14. The first kappa shape index (κ1) is 13.2. The molecule has 0 spiro atoms. The van der Waals surface area contributed by atoms with Crippen molar-refractivity contribution in [3.05, 3.63) is 29.3 Å². The van der Waals surface area contributed by atoms with Crippen LogP contribution in [0.5, 0.6) is 5.75 Å². The number of carbonyl (C=O) groups excluding carboxylic acids is 1. The van der Waals surface area contributed by atoms with Gasteiger partial charge in [0, 0.05) is 5.02 Å². The zero-order valence-electron chi connectivity index (χ0n) is 10.2. The van der Waals surface area contributed by atoms with E-state index in [4.69, 9.17) is 21.1 Å². The quantitative estimate of drug-likeness (QED) is 0.447. The Morgan fingerprint density at radius 3 is 2.28 bits per heavy atom. The summed E-state index contributed by atoms with van der Waals surface area (Å²) in [4.78, 5) is 11.6. The summed E-state index contributed by atoms with van der Waals surface area (Å²) in [5.41, 5.74) is 0. The third-order valence-corrected chi connectivity index (χ3v) is 3.33. The molecular weight excluding hydrogens is 252 g/mol. The van der Waals surface area contributed by atoms with E-state index in [1.165, 1.54) is 12.8 Å². The van der Waals surface area contributed by atoms with Gasteiger partial charge in [-0.25, -0.2) is 4.79 Å². The molecule has 0 saturated heterocycles. The summed E-state index contributed by atoms with van der Waals surface area (Å²) < 4.78 is 10.4. The molecule has 0 N–H and O–H groups in total. The first-order valence-electron chi connectivity index (χ1n) is 6.38. The maximum Gasteiger partial charge on any atom is 0.514 e. The Kier molecular flexibility index (Phi) is 4.88. The van der Waals surface area contributed by atoms with Gasteiger partial charge in [0.1, 0.15) is 11.9 Å². The second kappa shape index (κ2) is 6.64. The van der Waals surface area contributed by atoms with Gasteiger partial charge in [0.05, 0.1) is 0 Å². The second-order valence-corrected chi connectivity index (χ2v) is 4.97. The fraction of sp³-hybridized carbons (Fsp3) is 0.500. The van der Waals surface area contributed by atoms with E-state index in [1.807, 2.05) is 0 Å². The van der Waals surface area contributed by atoms with E-state index in [0.29, 0.717) is 10.8 Å². The minimum atomic E-state index is -0.621. The molecular formula is C14H17ClO3. The normalized spacial score (nSPS) is 16.9. The smallest absolute Gasteiger partial charge is 0.431 e. The molecule has 1 aromatic rings. The van der Waals surface area contributed by atoms with Gasteiger partial charge in [-0.2, -0.15) is 0 Å². The van der Waals surface area contributed by atoms with Crippen molar-refractivity contribution in [1.29, 1.82) is 0 Å². The van der Waals surface area contributed by atoms with Crippen LogP contribution >= 0.6 is 11.6 Å². The third-order valence-electron chi connectivity index (χ3n) is 3.08. The summed E-state index contributed by atoms with van der Waals surface area (Å²) in [5.74, 6) is 0.457. The molecule has 18 heavy (non-hydrogen) atoms. The van der Waals surface area contributed by atoms with Gasteiger partial charge in [-0.3, -0.25) is 0 Å². The minimum absolute atomic E-state index is 0.00676. The van der Waals surface area contributed by atoms with E-state index in [-0.39, 0.29) is 6.10 Å². The molecule has 1 aliphatic carbocycles. The van der Waals surface area contributed by atoms with Gasteiger partial charge in [0.2, 0.25) is 0 Å². The fourth-order valence-electron chi connectivity index (χ4n) is 2.12. The molecule has 0 radical (unpaired) electrons. The lowest BCUT2D eigenvalue weighted by Crippen LogP contribution is -2.20. The first-order valence-corrected chi connectivity index (χ1v) is 6.76. The van der Waals surface area contributed by atoms with Crippen molar-refractivity contribution in [1.82, 2.24) is 0 Å². The highest BCUT2D eigenvalue weighted by Crippen LogP contribution is 2.21. The summed E-state index contributed by atoms with van der Waals surface area (Å²) in [5, 5.41) is 0.611. The van der Waals surface area contributed by atoms with E-state index < -0.39 is 6.16 Å². The Morgan fingerprint density at radius 2 is 1.67 bits per heavy atom. The Hall–Kier alpha value is -1.22. The van der Waals surface area contributed by atoms with Crippen LogP contribution in [-0.4, -0.2) is 12.3 Å². The number of hydrogen-bond donors (Lipinski definition) is 0. The zero-order chi connectivity index (χ0) is 12.8. The molecule has 1 fully saturated rings. The molecule has 1 aromatic carbocycles. The summed E-state index contributed by atoms with van der Waals surface area (Å²) in [6.07, 6.45) is 5.97. The number of halogens is 1. The van der Waals surface area contributed by atoms with E-state index in [0.717, 1.165) is 25.7 Å². The molecule has 0 aromatic heterocycles. The van der Waals surface area contributed by atoms with Crippen LogP contribution in [-0.2, 0) is 4.74 Å². The molecule has 3 nitrogen and oxygen atoms in total. The topological polar surface area (TPSA) is 35.5 Å². The van der Waals surface area contributed by atoms with Crippen molar-refractivity contribution in [3.63, 3.8) is 0 Å². The van der Waals surface area contributed by atoms with E-state index >= 15 is 0 Å². The van der Waals surface area contributed by atoms with Gasteiger partial charge in [0.15, 0.2) is 0 Å². The van der Waals surface area contributed by atoms with Gasteiger partial charge in [-0.05, 0) is 49.9 Å². The number of benzene rings is 1. The maximum atomic E-state index is 11.6. The van der Waals surface area contributed by atoms with Crippen LogP contribution in [0.2, 0.25) is 5.02 Å². The SMILES string of the molecule is O=C(Oc1ccc(Cl)cc1)OC1CCCCCC1. The van der Waals surface area contributed by atoms with Crippen LogP contribution in [0.25, 0.3) is 0 Å². The van der Waals surface area contributed by atoms with Crippen LogP contribution in [0.1, 0.15) is 38.5 Å². The molecule has 0 atom stereocenters. The van der Waals surface area contributed by atoms with Crippen LogP contribution < -0.4 is 4.74 Å². The van der Waals surface area contributed by atoms with Crippen LogP contribution in [0, 0.1) is 0 Å². The zero-order valence-corrected chi connectivity index (χ0v) is 11.0. The number of carbonyl (C=O) groups is 1. The Balaban J connectivity index is 1.82. The van der Waals surface area contributed by atoms with Crippen molar-refractivity contribution in [2.75, 3.05) is 0 Å². The van der Waals surface area contributed by atoms with Gasteiger partial charge in [-0.15, -0.1) is 0 Å². The molecule has 0 unspecified atom stereocenters. The summed E-state index contributed by atoms with van der Waals surface area (Å²) in [6.45, 7) is 0. The second-order valence-electron chi connectivity index (χ2n) is 4.54. The third kappa shape index (κ3) is 4.22. The molecule has 0 amide bonds. The lowest BCUT2D eigenvalue weighted by atomic mass is 10.2. The summed E-state index contributed by atoms with van der Waals surface area (Å²) in [7, 11) is 0. The van der Waals surface area contributed by atoms with Gasteiger partial charge >= 0.3 is 6.16 Å². The van der Waals surface area contributed by atoms with Gasteiger partial charge in [0.25, 0.3) is 0 Å². The predicted octanol–water partition coefficient (Wildman–Crippen LogP) is 4.58. The maximum absolute atomic E-state index is 11.6. The number of rotatable bonds is 2. The Labute approximate surface area is 112 Å². The monoisotopic (exact) mass is 268 g/mol. The first-order chi connectivity index (χ1) is 8.74. The molecule has 0 aliphatic heterocycles.